The molecule has 2 aromatic rings. The van der Waals surface area contributed by atoms with Crippen LogP contribution in [-0.2, 0) is 9.53 Å². The van der Waals surface area contributed by atoms with Gasteiger partial charge >= 0.3 is 0 Å². The van der Waals surface area contributed by atoms with Gasteiger partial charge in [0.1, 0.15) is 16.9 Å². The lowest BCUT2D eigenvalue weighted by molar-refractivity contribution is -0.141. The molecule has 1 atom stereocenters. The molecule has 0 aliphatic rings. The van der Waals surface area contributed by atoms with Crippen LogP contribution in [0.4, 0.5) is 5.69 Å². The van der Waals surface area contributed by atoms with Crippen molar-refractivity contribution in [3.63, 3.8) is 0 Å². The fourth-order valence-corrected chi connectivity index (χ4v) is 3.18. The third-order valence-corrected chi connectivity index (χ3v) is 4.25. The van der Waals surface area contributed by atoms with Gasteiger partial charge in [-0.2, -0.15) is 0 Å². The Morgan fingerprint density at radius 3 is 2.59 bits per heavy atom. The predicted octanol–water partition coefficient (Wildman–Crippen LogP) is 5.19. The predicted molar refractivity (Wildman–Crippen MR) is 110 cm³/mol. The standard InChI is InChI=1S/C22H32N2O3/c1-7-13-26-22(6,14-15(2)3)21(25)24-18-10-11-19(27-16(4)5)20-17(18)9-8-12-23-20/h8-12,15-16H,7,13-14H2,1-6H3,(H,24,25)/t22-/m0/s1. The molecular weight excluding hydrogens is 340 g/mol. The molecular formula is C22H32N2O3. The lowest BCUT2D eigenvalue weighted by atomic mass is 9.92. The van der Waals surface area contributed by atoms with Gasteiger partial charge in [0.05, 0.1) is 11.8 Å². The molecule has 0 fully saturated rings. The van der Waals surface area contributed by atoms with Crippen LogP contribution in [-0.4, -0.2) is 29.2 Å². The maximum atomic E-state index is 13.1. The second-order valence-corrected chi connectivity index (χ2v) is 7.81. The minimum absolute atomic E-state index is 0.0485. The van der Waals surface area contributed by atoms with Crippen molar-refractivity contribution in [1.82, 2.24) is 4.98 Å². The monoisotopic (exact) mass is 372 g/mol. The van der Waals surface area contributed by atoms with Gasteiger partial charge in [-0.25, -0.2) is 0 Å². The minimum Gasteiger partial charge on any atom is -0.489 e. The molecule has 0 saturated heterocycles. The lowest BCUT2D eigenvalue weighted by Crippen LogP contribution is -2.44. The number of carbonyl (C=O) groups excluding carboxylic acids is 1. The highest BCUT2D eigenvalue weighted by molar-refractivity contribution is 6.05. The van der Waals surface area contributed by atoms with Crippen LogP contribution in [0.15, 0.2) is 30.5 Å². The second-order valence-electron chi connectivity index (χ2n) is 7.81. The fourth-order valence-electron chi connectivity index (χ4n) is 3.18. The first-order valence-corrected chi connectivity index (χ1v) is 9.76. The molecule has 0 radical (unpaired) electrons. The highest BCUT2D eigenvalue weighted by Crippen LogP contribution is 2.32. The molecule has 0 saturated carbocycles. The Morgan fingerprint density at radius 2 is 1.96 bits per heavy atom. The van der Waals surface area contributed by atoms with Gasteiger partial charge in [-0.05, 0) is 63.8 Å². The molecule has 148 valence electrons. The quantitative estimate of drug-likeness (QED) is 0.658. The van der Waals surface area contributed by atoms with Crippen LogP contribution in [0.3, 0.4) is 0 Å². The number of nitrogens with zero attached hydrogens (tertiary/aromatic N) is 1. The van der Waals surface area contributed by atoms with Gasteiger partial charge in [0.2, 0.25) is 0 Å². The number of anilines is 1. The molecule has 0 unspecified atom stereocenters. The number of carbonyl (C=O) groups is 1. The van der Waals surface area contributed by atoms with Crippen molar-refractivity contribution in [3.05, 3.63) is 30.5 Å². The van der Waals surface area contributed by atoms with Crippen molar-refractivity contribution < 1.29 is 14.3 Å². The first-order valence-electron chi connectivity index (χ1n) is 9.76. The second kappa shape index (κ2) is 9.18. The Morgan fingerprint density at radius 1 is 1.22 bits per heavy atom. The van der Waals surface area contributed by atoms with Gasteiger partial charge in [0.15, 0.2) is 0 Å². The molecule has 5 nitrogen and oxygen atoms in total. The number of nitrogens with one attached hydrogen (secondary N) is 1. The maximum Gasteiger partial charge on any atom is 0.256 e. The van der Waals surface area contributed by atoms with Gasteiger partial charge < -0.3 is 14.8 Å². The third kappa shape index (κ3) is 5.42. The molecule has 1 heterocycles. The molecule has 2 rings (SSSR count). The summed E-state index contributed by atoms with van der Waals surface area (Å²) in [7, 11) is 0. The van der Waals surface area contributed by atoms with Crippen LogP contribution < -0.4 is 10.1 Å². The number of hydrogen-bond donors (Lipinski definition) is 1. The molecule has 5 heteroatoms. The van der Waals surface area contributed by atoms with Gasteiger partial charge in [-0.1, -0.05) is 20.8 Å². The van der Waals surface area contributed by atoms with E-state index >= 15 is 0 Å². The number of pyridine rings is 1. The summed E-state index contributed by atoms with van der Waals surface area (Å²) in [6.45, 7) is 12.6. The minimum atomic E-state index is -0.869. The lowest BCUT2D eigenvalue weighted by Gasteiger charge is -2.30. The van der Waals surface area contributed by atoms with Crippen LogP contribution in [0.5, 0.6) is 5.75 Å². The van der Waals surface area contributed by atoms with Crippen LogP contribution >= 0.6 is 0 Å². The van der Waals surface area contributed by atoms with Gasteiger partial charge in [-0.15, -0.1) is 0 Å². The fraction of sp³-hybridized carbons (Fsp3) is 0.545. The molecule has 1 amide bonds. The summed E-state index contributed by atoms with van der Waals surface area (Å²) in [5.74, 6) is 0.927. The van der Waals surface area contributed by atoms with E-state index in [2.05, 4.69) is 24.1 Å². The summed E-state index contributed by atoms with van der Waals surface area (Å²) < 4.78 is 11.8. The summed E-state index contributed by atoms with van der Waals surface area (Å²) in [5.41, 5.74) is 0.588. The largest absolute Gasteiger partial charge is 0.489 e. The van der Waals surface area contributed by atoms with Crippen molar-refractivity contribution in [2.45, 2.75) is 66.1 Å². The maximum absolute atomic E-state index is 13.1. The van der Waals surface area contributed by atoms with E-state index in [9.17, 15) is 4.79 Å². The van der Waals surface area contributed by atoms with E-state index in [4.69, 9.17) is 9.47 Å². The van der Waals surface area contributed by atoms with E-state index in [1.54, 1.807) is 6.20 Å². The number of hydrogen-bond acceptors (Lipinski definition) is 4. The number of ether oxygens (including phenoxy) is 2. The first-order chi connectivity index (χ1) is 12.8. The van der Waals surface area contributed by atoms with Crippen molar-refractivity contribution in [2.24, 2.45) is 5.92 Å². The van der Waals surface area contributed by atoms with E-state index in [1.807, 2.05) is 52.0 Å². The van der Waals surface area contributed by atoms with Gasteiger partial charge in [0, 0.05) is 18.2 Å². The average molecular weight is 373 g/mol. The smallest absolute Gasteiger partial charge is 0.256 e. The zero-order chi connectivity index (χ0) is 20.0. The summed E-state index contributed by atoms with van der Waals surface area (Å²) in [4.78, 5) is 17.5. The number of fused-ring (bicyclic) bond motifs is 1. The number of aromatic nitrogens is 1. The van der Waals surface area contributed by atoms with E-state index in [0.717, 1.165) is 17.3 Å². The number of rotatable bonds is 9. The number of amides is 1. The van der Waals surface area contributed by atoms with E-state index in [1.165, 1.54) is 0 Å². The van der Waals surface area contributed by atoms with Crippen molar-refractivity contribution >= 4 is 22.5 Å². The van der Waals surface area contributed by atoms with Crippen molar-refractivity contribution in [1.29, 1.82) is 0 Å². The Bertz CT molecular complexity index is 773. The SMILES string of the molecule is CCCO[C@@](C)(CC(C)C)C(=O)Nc1ccc(OC(C)C)c2ncccc12. The van der Waals surface area contributed by atoms with Crippen molar-refractivity contribution in [3.8, 4) is 5.75 Å². The molecule has 0 aliphatic carbocycles. The van der Waals surface area contributed by atoms with Gasteiger partial charge in [-0.3, -0.25) is 9.78 Å². The van der Waals surface area contributed by atoms with E-state index in [-0.39, 0.29) is 12.0 Å². The third-order valence-electron chi connectivity index (χ3n) is 4.25. The highest BCUT2D eigenvalue weighted by Gasteiger charge is 2.35. The summed E-state index contributed by atoms with van der Waals surface area (Å²) in [5, 5.41) is 3.91. The first kappa shape index (κ1) is 21.2. The normalized spacial score (nSPS) is 13.8. The number of benzene rings is 1. The van der Waals surface area contributed by atoms with Crippen LogP contribution in [0, 0.1) is 5.92 Å². The molecule has 0 aliphatic heterocycles. The zero-order valence-electron chi connectivity index (χ0n) is 17.3. The Hall–Kier alpha value is -2.14. The highest BCUT2D eigenvalue weighted by atomic mass is 16.5. The molecule has 27 heavy (non-hydrogen) atoms. The molecule has 1 aromatic carbocycles. The van der Waals surface area contributed by atoms with Crippen molar-refractivity contribution in [2.75, 3.05) is 11.9 Å². The topological polar surface area (TPSA) is 60.5 Å². The summed E-state index contributed by atoms with van der Waals surface area (Å²) in [6.07, 6.45) is 3.31. The Labute approximate surface area is 162 Å². The average Bonchev–Trinajstić information content (AvgIpc) is 2.61. The molecule has 1 N–H and O–H groups in total. The Kier molecular flexibility index (Phi) is 7.19. The molecule has 1 aromatic heterocycles. The summed E-state index contributed by atoms with van der Waals surface area (Å²) in [6, 6.07) is 7.53. The van der Waals surface area contributed by atoms with Crippen LogP contribution in [0.1, 0.15) is 54.4 Å². The van der Waals surface area contributed by atoms with Crippen LogP contribution in [0.25, 0.3) is 10.9 Å². The van der Waals surface area contributed by atoms with Gasteiger partial charge in [0.25, 0.3) is 5.91 Å². The van der Waals surface area contributed by atoms with E-state index in [0.29, 0.717) is 30.4 Å². The summed E-state index contributed by atoms with van der Waals surface area (Å²) >= 11 is 0. The Balaban J connectivity index is 2.35. The zero-order valence-corrected chi connectivity index (χ0v) is 17.3. The molecule has 0 spiro atoms. The van der Waals surface area contributed by atoms with Crippen LogP contribution in [0.2, 0.25) is 0 Å². The molecule has 0 bridgehead atoms. The van der Waals surface area contributed by atoms with E-state index < -0.39 is 5.60 Å².